The molecule has 20 heavy (non-hydrogen) atoms. The average molecular weight is 286 g/mol. The molecule has 1 aliphatic heterocycles. The van der Waals surface area contributed by atoms with E-state index in [0.29, 0.717) is 19.3 Å². The van der Waals surface area contributed by atoms with E-state index in [1.54, 1.807) is 7.11 Å². The van der Waals surface area contributed by atoms with Crippen LogP contribution in [0.2, 0.25) is 0 Å². The molecular weight excluding hydrogens is 252 g/mol. The minimum absolute atomic E-state index is 0.227. The van der Waals surface area contributed by atoms with E-state index in [1.807, 2.05) is 0 Å². The second-order valence-corrected chi connectivity index (χ2v) is 6.98. The van der Waals surface area contributed by atoms with Gasteiger partial charge in [0.05, 0.1) is 13.2 Å². The van der Waals surface area contributed by atoms with Crippen LogP contribution in [0.25, 0.3) is 0 Å². The molecule has 0 aliphatic carbocycles. The summed E-state index contributed by atoms with van der Waals surface area (Å²) < 4.78 is 10.5. The molecule has 1 unspecified atom stereocenters. The van der Waals surface area contributed by atoms with E-state index in [4.69, 9.17) is 9.47 Å². The van der Waals surface area contributed by atoms with E-state index in [0.717, 1.165) is 38.6 Å². The molecule has 1 atom stereocenters. The molecule has 0 saturated carbocycles. The SMILES string of the molecule is COCCOCCCN1CC(C)(C)NCC1CC(C)C. The maximum absolute atomic E-state index is 5.57. The lowest BCUT2D eigenvalue weighted by molar-refractivity contribution is 0.0479. The molecule has 0 amide bonds. The summed E-state index contributed by atoms with van der Waals surface area (Å²) in [6.07, 6.45) is 2.38. The van der Waals surface area contributed by atoms with Gasteiger partial charge in [0, 0.05) is 44.9 Å². The predicted molar refractivity (Wildman–Crippen MR) is 84.2 cm³/mol. The molecule has 0 spiro atoms. The Morgan fingerprint density at radius 3 is 2.65 bits per heavy atom. The second kappa shape index (κ2) is 8.98. The highest BCUT2D eigenvalue weighted by atomic mass is 16.5. The van der Waals surface area contributed by atoms with Gasteiger partial charge in [0.2, 0.25) is 0 Å². The lowest BCUT2D eigenvalue weighted by Crippen LogP contribution is -2.61. The van der Waals surface area contributed by atoms with Crippen LogP contribution < -0.4 is 5.32 Å². The van der Waals surface area contributed by atoms with Gasteiger partial charge in [-0.05, 0) is 32.6 Å². The van der Waals surface area contributed by atoms with Gasteiger partial charge in [-0.2, -0.15) is 0 Å². The maximum Gasteiger partial charge on any atom is 0.0700 e. The molecule has 4 heteroatoms. The molecule has 1 rings (SSSR count). The maximum atomic E-state index is 5.57. The molecule has 120 valence electrons. The molecule has 1 saturated heterocycles. The highest BCUT2D eigenvalue weighted by Crippen LogP contribution is 2.20. The van der Waals surface area contributed by atoms with Gasteiger partial charge in [-0.3, -0.25) is 4.90 Å². The average Bonchev–Trinajstić information content (AvgIpc) is 2.36. The smallest absolute Gasteiger partial charge is 0.0700 e. The van der Waals surface area contributed by atoms with E-state index >= 15 is 0 Å². The number of piperazine rings is 1. The molecule has 1 N–H and O–H groups in total. The Kier molecular flexibility index (Phi) is 8.03. The molecule has 0 aromatic carbocycles. The van der Waals surface area contributed by atoms with E-state index < -0.39 is 0 Å². The van der Waals surface area contributed by atoms with Crippen molar-refractivity contribution in [3.63, 3.8) is 0 Å². The number of hydrogen-bond acceptors (Lipinski definition) is 4. The van der Waals surface area contributed by atoms with Crippen molar-refractivity contribution in [2.45, 2.75) is 52.1 Å². The van der Waals surface area contributed by atoms with Crippen LogP contribution in [0.15, 0.2) is 0 Å². The summed E-state index contributed by atoms with van der Waals surface area (Å²) in [7, 11) is 1.71. The number of nitrogens with zero attached hydrogens (tertiary/aromatic N) is 1. The molecule has 1 fully saturated rings. The molecule has 0 radical (unpaired) electrons. The van der Waals surface area contributed by atoms with Crippen molar-refractivity contribution in [3.05, 3.63) is 0 Å². The summed E-state index contributed by atoms with van der Waals surface area (Å²) in [5.41, 5.74) is 0.227. The first-order valence-corrected chi connectivity index (χ1v) is 8.00. The minimum Gasteiger partial charge on any atom is -0.382 e. The minimum atomic E-state index is 0.227. The van der Waals surface area contributed by atoms with Crippen molar-refractivity contribution < 1.29 is 9.47 Å². The second-order valence-electron chi connectivity index (χ2n) is 6.98. The summed E-state index contributed by atoms with van der Waals surface area (Å²) in [6, 6.07) is 0.669. The van der Waals surface area contributed by atoms with Crippen LogP contribution in [0.5, 0.6) is 0 Å². The first-order chi connectivity index (χ1) is 9.44. The summed E-state index contributed by atoms with van der Waals surface area (Å²) >= 11 is 0. The normalized spacial score (nSPS) is 23.4. The highest BCUT2D eigenvalue weighted by Gasteiger charge is 2.32. The Labute approximate surface area is 125 Å². The van der Waals surface area contributed by atoms with Crippen LogP contribution in [-0.2, 0) is 9.47 Å². The van der Waals surface area contributed by atoms with Crippen molar-refractivity contribution >= 4 is 0 Å². The van der Waals surface area contributed by atoms with E-state index in [2.05, 4.69) is 37.9 Å². The first kappa shape index (κ1) is 17.9. The van der Waals surface area contributed by atoms with E-state index in [9.17, 15) is 0 Å². The van der Waals surface area contributed by atoms with Gasteiger partial charge in [0.15, 0.2) is 0 Å². The molecule has 1 heterocycles. The zero-order valence-corrected chi connectivity index (χ0v) is 14.1. The lowest BCUT2D eigenvalue weighted by atomic mass is 9.94. The molecule has 1 aliphatic rings. The zero-order valence-electron chi connectivity index (χ0n) is 14.1. The van der Waals surface area contributed by atoms with Gasteiger partial charge < -0.3 is 14.8 Å². The van der Waals surface area contributed by atoms with E-state index in [1.165, 1.54) is 6.42 Å². The predicted octanol–water partition coefficient (Wildman–Crippen LogP) is 2.14. The Morgan fingerprint density at radius 2 is 2.00 bits per heavy atom. The van der Waals surface area contributed by atoms with Crippen molar-refractivity contribution in [2.24, 2.45) is 5.92 Å². The molecule has 0 aromatic heterocycles. The molecule has 0 aromatic rings. The summed E-state index contributed by atoms with van der Waals surface area (Å²) in [5.74, 6) is 0.753. The van der Waals surface area contributed by atoms with Gasteiger partial charge in [0.25, 0.3) is 0 Å². The Balaban J connectivity index is 2.32. The van der Waals surface area contributed by atoms with Gasteiger partial charge >= 0.3 is 0 Å². The van der Waals surface area contributed by atoms with Gasteiger partial charge in [-0.25, -0.2) is 0 Å². The van der Waals surface area contributed by atoms with Gasteiger partial charge in [0.1, 0.15) is 0 Å². The topological polar surface area (TPSA) is 33.7 Å². The number of nitrogens with one attached hydrogen (secondary N) is 1. The third kappa shape index (κ3) is 7.02. The van der Waals surface area contributed by atoms with Crippen molar-refractivity contribution in [1.82, 2.24) is 10.2 Å². The Hall–Kier alpha value is -0.160. The fourth-order valence-electron chi connectivity index (χ4n) is 2.87. The molecule has 0 bridgehead atoms. The number of rotatable bonds is 9. The Morgan fingerprint density at radius 1 is 1.25 bits per heavy atom. The third-order valence-electron chi connectivity index (χ3n) is 3.84. The Bertz CT molecular complexity index is 257. The molecule has 4 nitrogen and oxygen atoms in total. The number of hydrogen-bond donors (Lipinski definition) is 1. The zero-order chi connectivity index (χ0) is 15.0. The van der Waals surface area contributed by atoms with Crippen LogP contribution in [0, 0.1) is 5.92 Å². The summed E-state index contributed by atoms with van der Waals surface area (Å²) in [5, 5.41) is 3.67. The van der Waals surface area contributed by atoms with Crippen LogP contribution >= 0.6 is 0 Å². The quantitative estimate of drug-likeness (QED) is 0.659. The van der Waals surface area contributed by atoms with Gasteiger partial charge in [-0.15, -0.1) is 0 Å². The standard InChI is InChI=1S/C16H34N2O2/c1-14(2)11-15-12-17-16(3,4)13-18(15)7-6-8-20-10-9-19-5/h14-15,17H,6-13H2,1-5H3. The monoisotopic (exact) mass is 286 g/mol. The fourth-order valence-corrected chi connectivity index (χ4v) is 2.87. The first-order valence-electron chi connectivity index (χ1n) is 8.00. The van der Waals surface area contributed by atoms with Crippen LogP contribution in [-0.4, -0.2) is 63.0 Å². The third-order valence-corrected chi connectivity index (χ3v) is 3.84. The summed E-state index contributed by atoms with van der Waals surface area (Å²) in [4.78, 5) is 2.65. The lowest BCUT2D eigenvalue weighted by Gasteiger charge is -2.45. The van der Waals surface area contributed by atoms with Crippen LogP contribution in [0.4, 0.5) is 0 Å². The van der Waals surface area contributed by atoms with Crippen molar-refractivity contribution in [3.8, 4) is 0 Å². The highest BCUT2D eigenvalue weighted by molar-refractivity contribution is 4.92. The van der Waals surface area contributed by atoms with Crippen LogP contribution in [0.3, 0.4) is 0 Å². The number of ether oxygens (including phenoxy) is 2. The van der Waals surface area contributed by atoms with Gasteiger partial charge in [-0.1, -0.05) is 13.8 Å². The molecular formula is C16H34N2O2. The summed E-state index contributed by atoms with van der Waals surface area (Å²) in [6.45, 7) is 14.8. The van der Waals surface area contributed by atoms with Crippen molar-refractivity contribution in [2.75, 3.05) is 46.6 Å². The fraction of sp³-hybridized carbons (Fsp3) is 1.00. The number of methoxy groups -OCH3 is 1. The van der Waals surface area contributed by atoms with Crippen LogP contribution in [0.1, 0.15) is 40.5 Å². The largest absolute Gasteiger partial charge is 0.382 e. The van der Waals surface area contributed by atoms with E-state index in [-0.39, 0.29) is 5.54 Å². The van der Waals surface area contributed by atoms with Crippen molar-refractivity contribution in [1.29, 1.82) is 0 Å².